The molecule has 0 radical (unpaired) electrons. The Balaban J connectivity index is 1.56. The molecule has 0 heterocycles. The lowest BCUT2D eigenvalue weighted by molar-refractivity contribution is 0.565. The van der Waals surface area contributed by atoms with Gasteiger partial charge in [-0.05, 0) is 69.3 Å². The third kappa shape index (κ3) is 3.38. The van der Waals surface area contributed by atoms with Crippen molar-refractivity contribution in [1.29, 1.82) is 0 Å². The van der Waals surface area contributed by atoms with Crippen LogP contribution in [0.15, 0.2) is 115 Å². The fourth-order valence-corrected chi connectivity index (χ4v) is 5.76. The zero-order chi connectivity index (χ0) is 22.3. The molecule has 0 bridgehead atoms. The average Bonchev–Trinajstić information content (AvgIpc) is 3.54. The van der Waals surface area contributed by atoms with Gasteiger partial charge in [0, 0.05) is 5.41 Å². The van der Waals surface area contributed by atoms with E-state index in [1.54, 1.807) is 0 Å². The van der Waals surface area contributed by atoms with Crippen LogP contribution in [0.1, 0.15) is 46.7 Å². The molecule has 6 rings (SSSR count). The molecular weight excluding hydrogens is 396 g/mol. The number of rotatable bonds is 5. The number of fused-ring (bicyclic) bond motifs is 3. The van der Waals surface area contributed by atoms with Crippen LogP contribution in [0.25, 0.3) is 16.7 Å². The van der Waals surface area contributed by atoms with Crippen LogP contribution in [0.4, 0.5) is 0 Å². The summed E-state index contributed by atoms with van der Waals surface area (Å²) >= 11 is 0. The summed E-state index contributed by atoms with van der Waals surface area (Å²) < 4.78 is 0. The third-order valence-corrected chi connectivity index (χ3v) is 7.58. The number of benzene rings is 4. The van der Waals surface area contributed by atoms with Gasteiger partial charge in [-0.1, -0.05) is 122 Å². The second-order valence-electron chi connectivity index (χ2n) is 9.52. The lowest BCUT2D eigenvalue weighted by Gasteiger charge is -2.33. The molecular formula is C33H28. The predicted octanol–water partition coefficient (Wildman–Crippen LogP) is 8.15. The maximum atomic E-state index is 2.42. The van der Waals surface area contributed by atoms with E-state index in [0.29, 0.717) is 0 Å². The summed E-state index contributed by atoms with van der Waals surface area (Å²) in [5, 5.41) is 0. The second kappa shape index (κ2) is 8.05. The van der Waals surface area contributed by atoms with E-state index in [9.17, 15) is 0 Å². The molecule has 0 unspecified atom stereocenters. The first-order valence-corrected chi connectivity index (χ1v) is 11.9. The molecule has 0 saturated carbocycles. The molecule has 0 fully saturated rings. The number of allylic oxidation sites excluding steroid dienone is 4. The van der Waals surface area contributed by atoms with Gasteiger partial charge < -0.3 is 0 Å². The Labute approximate surface area is 196 Å². The van der Waals surface area contributed by atoms with Crippen molar-refractivity contribution in [3.63, 3.8) is 0 Å². The molecule has 0 atom stereocenters. The molecule has 0 nitrogen and oxygen atoms in total. The molecule has 4 aromatic carbocycles. The van der Waals surface area contributed by atoms with Gasteiger partial charge in [-0.3, -0.25) is 0 Å². The van der Waals surface area contributed by atoms with E-state index in [1.807, 2.05) is 0 Å². The maximum absolute atomic E-state index is 2.42. The van der Waals surface area contributed by atoms with Crippen molar-refractivity contribution in [2.24, 2.45) is 0 Å². The second-order valence-corrected chi connectivity index (χ2v) is 9.52. The van der Waals surface area contributed by atoms with Gasteiger partial charge >= 0.3 is 0 Å². The van der Waals surface area contributed by atoms with Gasteiger partial charge in [0.2, 0.25) is 0 Å². The summed E-state index contributed by atoms with van der Waals surface area (Å²) in [6, 6.07) is 35.8. The zero-order valence-electron chi connectivity index (χ0n) is 19.1. The summed E-state index contributed by atoms with van der Waals surface area (Å²) in [4.78, 5) is 0. The molecule has 2 aliphatic carbocycles. The smallest absolute Gasteiger partial charge is 0.0215 e. The monoisotopic (exact) mass is 424 g/mol. The number of hydrogen-bond donors (Lipinski definition) is 0. The molecule has 0 N–H and O–H groups in total. The Hall–Kier alpha value is -3.64. The van der Waals surface area contributed by atoms with Crippen LogP contribution < -0.4 is 0 Å². The molecule has 2 aliphatic rings. The third-order valence-electron chi connectivity index (χ3n) is 7.58. The lowest BCUT2D eigenvalue weighted by atomic mass is 9.70. The van der Waals surface area contributed by atoms with E-state index in [2.05, 4.69) is 122 Å². The van der Waals surface area contributed by atoms with E-state index in [1.165, 1.54) is 50.1 Å². The molecule has 33 heavy (non-hydrogen) atoms. The normalized spacial score (nSPS) is 14.2. The van der Waals surface area contributed by atoms with Crippen molar-refractivity contribution in [2.45, 2.75) is 31.6 Å². The molecule has 0 spiro atoms. The Kier molecular flexibility index (Phi) is 4.88. The molecule has 160 valence electrons. The summed E-state index contributed by atoms with van der Waals surface area (Å²) in [5.74, 6) is 0. The quantitative estimate of drug-likeness (QED) is 0.267. The molecule has 0 aliphatic heterocycles. The first-order chi connectivity index (χ1) is 16.2. The van der Waals surface area contributed by atoms with Crippen molar-refractivity contribution in [2.75, 3.05) is 0 Å². The SMILES string of the molecule is CC(Cc1c(C2=CC=CC2)ccc2c1Cc1ccccc1-2)(c1ccccc1)c1ccccc1. The van der Waals surface area contributed by atoms with E-state index in [0.717, 1.165) is 19.3 Å². The highest BCUT2D eigenvalue weighted by atomic mass is 14.4. The minimum Gasteiger partial charge on any atom is -0.0801 e. The zero-order valence-corrected chi connectivity index (χ0v) is 19.1. The van der Waals surface area contributed by atoms with Crippen molar-refractivity contribution in [3.8, 4) is 11.1 Å². The van der Waals surface area contributed by atoms with Gasteiger partial charge in [0.25, 0.3) is 0 Å². The Morgan fingerprint density at radius 3 is 1.97 bits per heavy atom. The Morgan fingerprint density at radius 1 is 0.667 bits per heavy atom. The molecule has 4 aromatic rings. The summed E-state index contributed by atoms with van der Waals surface area (Å²) in [6.07, 6.45) is 9.80. The van der Waals surface area contributed by atoms with Gasteiger partial charge in [-0.2, -0.15) is 0 Å². The predicted molar refractivity (Wildman–Crippen MR) is 139 cm³/mol. The standard InChI is InChI=1S/C33H28/c1-33(26-15-4-2-5-16-26,27-17-6-3-7-18-27)23-32-29(24-12-8-9-13-24)20-21-30-28-19-11-10-14-25(28)22-31(30)32/h2-12,14-21H,13,22-23H2,1H3. The van der Waals surface area contributed by atoms with Crippen molar-refractivity contribution < 1.29 is 0 Å². The maximum Gasteiger partial charge on any atom is 0.0215 e. The van der Waals surface area contributed by atoms with E-state index in [4.69, 9.17) is 0 Å². The highest BCUT2D eigenvalue weighted by molar-refractivity contribution is 5.83. The van der Waals surface area contributed by atoms with E-state index in [-0.39, 0.29) is 5.41 Å². The van der Waals surface area contributed by atoms with Crippen LogP contribution >= 0.6 is 0 Å². The minimum absolute atomic E-state index is 0.117. The van der Waals surface area contributed by atoms with E-state index >= 15 is 0 Å². The minimum atomic E-state index is -0.117. The first-order valence-electron chi connectivity index (χ1n) is 11.9. The largest absolute Gasteiger partial charge is 0.0801 e. The number of hydrogen-bond acceptors (Lipinski definition) is 0. The topological polar surface area (TPSA) is 0 Å². The summed E-state index contributed by atoms with van der Waals surface area (Å²) in [6.45, 7) is 2.42. The van der Waals surface area contributed by atoms with Crippen LogP contribution in [0, 0.1) is 0 Å². The average molecular weight is 425 g/mol. The Morgan fingerprint density at radius 2 is 1.30 bits per heavy atom. The van der Waals surface area contributed by atoms with Crippen LogP contribution in [0.5, 0.6) is 0 Å². The fraction of sp³-hybridized carbons (Fsp3) is 0.152. The van der Waals surface area contributed by atoms with Crippen LogP contribution in [0.2, 0.25) is 0 Å². The molecule has 0 saturated heterocycles. The van der Waals surface area contributed by atoms with E-state index < -0.39 is 0 Å². The van der Waals surface area contributed by atoms with Crippen molar-refractivity contribution in [3.05, 3.63) is 149 Å². The van der Waals surface area contributed by atoms with Crippen LogP contribution in [-0.2, 0) is 18.3 Å². The van der Waals surface area contributed by atoms with Crippen molar-refractivity contribution in [1.82, 2.24) is 0 Å². The Bertz CT molecular complexity index is 1330. The van der Waals surface area contributed by atoms with Gasteiger partial charge in [0.15, 0.2) is 0 Å². The first kappa shape index (κ1) is 20.0. The summed E-state index contributed by atoms with van der Waals surface area (Å²) in [5.41, 5.74) is 12.8. The lowest BCUT2D eigenvalue weighted by Crippen LogP contribution is -2.28. The van der Waals surface area contributed by atoms with Gasteiger partial charge in [0.1, 0.15) is 0 Å². The molecule has 0 heteroatoms. The van der Waals surface area contributed by atoms with Gasteiger partial charge in [0.05, 0.1) is 0 Å². The highest BCUT2D eigenvalue weighted by Crippen LogP contribution is 2.45. The highest BCUT2D eigenvalue weighted by Gasteiger charge is 2.33. The summed E-state index contributed by atoms with van der Waals surface area (Å²) in [7, 11) is 0. The molecule has 0 aromatic heterocycles. The van der Waals surface area contributed by atoms with Gasteiger partial charge in [-0.15, -0.1) is 0 Å². The van der Waals surface area contributed by atoms with Crippen LogP contribution in [0.3, 0.4) is 0 Å². The fourth-order valence-electron chi connectivity index (χ4n) is 5.76. The molecule has 0 amide bonds. The van der Waals surface area contributed by atoms with Gasteiger partial charge in [-0.25, -0.2) is 0 Å². The van der Waals surface area contributed by atoms with Crippen LogP contribution in [-0.4, -0.2) is 0 Å². The van der Waals surface area contributed by atoms with Crippen molar-refractivity contribution >= 4 is 5.57 Å².